The van der Waals surface area contributed by atoms with Crippen LogP contribution in [-0.2, 0) is 0 Å². The average molecular weight is 525 g/mol. The Bertz CT molecular complexity index is 732. The Hall–Kier alpha value is -0.560. The lowest BCUT2D eigenvalue weighted by Gasteiger charge is -2.34. The van der Waals surface area contributed by atoms with E-state index in [1.165, 1.54) is 6.21 Å². The van der Waals surface area contributed by atoms with Gasteiger partial charge in [0.15, 0.2) is 23.3 Å². The number of hydrogen-bond donors (Lipinski definition) is 0. The maximum Gasteiger partial charge on any atom is 0.161 e. The quantitative estimate of drug-likeness (QED) is 0.489. The van der Waals surface area contributed by atoms with Crippen LogP contribution in [0, 0.1) is 11.3 Å². The van der Waals surface area contributed by atoms with Gasteiger partial charge in [-0.15, -0.1) is 0 Å². The summed E-state index contributed by atoms with van der Waals surface area (Å²) in [6.45, 7) is 0. The van der Waals surface area contributed by atoms with Gasteiger partial charge in [0.25, 0.3) is 0 Å². The number of aliphatic imine (C=N–C) groups is 3. The second-order valence-electron chi connectivity index (χ2n) is 3.81. The Morgan fingerprint density at radius 2 is 1.95 bits per heavy atom. The molecular weight excluding hydrogens is 522 g/mol. The Morgan fingerprint density at radius 3 is 2.60 bits per heavy atom. The largest absolute Gasteiger partial charge is 0.259 e. The molecule has 0 aromatic carbocycles. The van der Waals surface area contributed by atoms with E-state index < -0.39 is 0 Å². The molecule has 3 aliphatic rings. The molecule has 0 bridgehead atoms. The van der Waals surface area contributed by atoms with Crippen molar-refractivity contribution >= 4 is 81.6 Å². The first-order valence-electron chi connectivity index (χ1n) is 5.24. The number of hydrogen-bond acceptors (Lipinski definition) is 5. The van der Waals surface area contributed by atoms with E-state index in [1.807, 2.05) is 6.08 Å². The highest BCUT2D eigenvalue weighted by Gasteiger charge is 2.35. The lowest BCUT2D eigenvalue weighted by Crippen LogP contribution is -2.38. The maximum absolute atomic E-state index is 9.24. The summed E-state index contributed by atoms with van der Waals surface area (Å²) in [7, 11) is 0. The fraction of sp³-hybridized carbons (Fsp3) is 0.0909. The van der Waals surface area contributed by atoms with Gasteiger partial charge in [-0.1, -0.05) is 31.9 Å². The van der Waals surface area contributed by atoms with Crippen LogP contribution in [0.25, 0.3) is 0 Å². The van der Waals surface area contributed by atoms with Crippen molar-refractivity contribution in [3.63, 3.8) is 0 Å². The molecular formula is C11H3Br4N5. The highest BCUT2D eigenvalue weighted by Crippen LogP contribution is 2.38. The molecule has 5 nitrogen and oxygen atoms in total. The van der Waals surface area contributed by atoms with E-state index in [0.717, 1.165) is 8.96 Å². The topological polar surface area (TPSA) is 64.1 Å². The molecule has 0 saturated heterocycles. The molecule has 3 heterocycles. The summed E-state index contributed by atoms with van der Waals surface area (Å²) in [5.41, 5.74) is 0.391. The van der Waals surface area contributed by atoms with Crippen LogP contribution in [0.2, 0.25) is 0 Å². The number of allylic oxidation sites excluding steroid dienone is 3. The molecule has 0 unspecified atom stereocenters. The number of halogens is 4. The van der Waals surface area contributed by atoms with Crippen molar-refractivity contribution in [2.75, 3.05) is 0 Å². The van der Waals surface area contributed by atoms with E-state index >= 15 is 0 Å². The molecule has 0 radical (unpaired) electrons. The van der Waals surface area contributed by atoms with Crippen LogP contribution in [0.3, 0.4) is 0 Å². The van der Waals surface area contributed by atoms with Gasteiger partial charge >= 0.3 is 0 Å². The number of alkyl halides is 2. The third-order valence-electron chi connectivity index (χ3n) is 2.63. The monoisotopic (exact) mass is 521 g/mol. The Kier molecular flexibility index (Phi) is 3.83. The number of rotatable bonds is 1. The summed E-state index contributed by atoms with van der Waals surface area (Å²) in [6.07, 6.45) is 3.38. The predicted molar refractivity (Wildman–Crippen MR) is 92.4 cm³/mol. The van der Waals surface area contributed by atoms with Gasteiger partial charge in [0, 0.05) is 0 Å². The minimum Gasteiger partial charge on any atom is -0.259 e. The zero-order valence-corrected chi connectivity index (χ0v) is 15.8. The second kappa shape index (κ2) is 5.33. The van der Waals surface area contributed by atoms with Gasteiger partial charge < -0.3 is 0 Å². The van der Waals surface area contributed by atoms with E-state index in [-0.39, 0.29) is 3.74 Å². The van der Waals surface area contributed by atoms with Crippen LogP contribution < -0.4 is 0 Å². The zero-order valence-electron chi connectivity index (χ0n) is 9.48. The minimum atomic E-state index is -0.200. The molecule has 0 atom stereocenters. The Balaban J connectivity index is 2.29. The van der Waals surface area contributed by atoms with Crippen LogP contribution in [0.1, 0.15) is 0 Å². The molecule has 0 N–H and O–H groups in total. The Morgan fingerprint density at radius 1 is 1.20 bits per heavy atom. The summed E-state index contributed by atoms with van der Waals surface area (Å²) in [6, 6.07) is 2.10. The highest BCUT2D eigenvalue weighted by molar-refractivity contribution is 9.25. The molecule has 0 amide bonds. The van der Waals surface area contributed by atoms with Crippen molar-refractivity contribution in [3.05, 3.63) is 32.3 Å². The molecule has 3 aliphatic heterocycles. The lowest BCUT2D eigenvalue weighted by atomic mass is 10.2. The van der Waals surface area contributed by atoms with E-state index in [2.05, 4.69) is 84.8 Å². The number of amidine groups is 2. The third kappa shape index (κ3) is 2.19. The van der Waals surface area contributed by atoms with Crippen molar-refractivity contribution in [2.24, 2.45) is 15.0 Å². The van der Waals surface area contributed by atoms with Crippen molar-refractivity contribution < 1.29 is 0 Å². The number of nitriles is 1. The van der Waals surface area contributed by atoms with Crippen LogP contribution in [0.15, 0.2) is 47.2 Å². The predicted octanol–water partition coefficient (Wildman–Crippen LogP) is 3.89. The van der Waals surface area contributed by atoms with Crippen molar-refractivity contribution in [1.82, 2.24) is 4.90 Å². The average Bonchev–Trinajstić information content (AvgIpc) is 2.43. The van der Waals surface area contributed by atoms with Crippen LogP contribution >= 0.6 is 63.7 Å². The molecule has 0 aromatic heterocycles. The van der Waals surface area contributed by atoms with Gasteiger partial charge in [-0.05, 0) is 37.9 Å². The second-order valence-corrected chi connectivity index (χ2v) is 8.58. The highest BCUT2D eigenvalue weighted by atomic mass is 79.9. The molecule has 0 aliphatic carbocycles. The van der Waals surface area contributed by atoms with Gasteiger partial charge in [-0.2, -0.15) is 5.26 Å². The SMILES string of the molecule is N#CC1=C2N=C(C(Br)Br)N=C3C(Br)=CC(Br)=C(N=C1)N32. The van der Waals surface area contributed by atoms with Gasteiger partial charge in [0.1, 0.15) is 15.4 Å². The smallest absolute Gasteiger partial charge is 0.161 e. The number of nitrogens with zero attached hydrogens (tertiary/aromatic N) is 5. The summed E-state index contributed by atoms with van der Waals surface area (Å²) >= 11 is 13.7. The molecule has 0 saturated carbocycles. The first kappa shape index (κ1) is 14.4. The fourth-order valence-corrected chi connectivity index (χ4v) is 3.53. The molecule has 0 spiro atoms. The molecule has 9 heteroatoms. The van der Waals surface area contributed by atoms with Crippen molar-refractivity contribution in [1.29, 1.82) is 5.26 Å². The fourth-order valence-electron chi connectivity index (χ4n) is 1.81. The van der Waals surface area contributed by atoms with Crippen molar-refractivity contribution in [2.45, 2.75) is 3.74 Å². The molecule has 20 heavy (non-hydrogen) atoms. The van der Waals surface area contributed by atoms with E-state index in [9.17, 15) is 5.26 Å². The molecule has 0 aromatic rings. The van der Waals surface area contributed by atoms with Crippen LogP contribution in [-0.4, -0.2) is 26.5 Å². The van der Waals surface area contributed by atoms with Crippen LogP contribution in [0.4, 0.5) is 0 Å². The van der Waals surface area contributed by atoms with E-state index in [0.29, 0.717) is 28.9 Å². The zero-order chi connectivity index (χ0) is 14.4. The first-order valence-corrected chi connectivity index (χ1v) is 8.66. The molecule has 0 fully saturated rings. The molecule has 100 valence electrons. The standard InChI is InChI=1S/C11H3Br4N5/c12-5-1-6(13)11-19-8(7(14)15)18-9-4(2-16)3-17-10(5)20(9)11/h1,3,7H. The molecule has 3 rings (SSSR count). The third-order valence-corrected chi connectivity index (χ3v) is 4.62. The van der Waals surface area contributed by atoms with E-state index in [1.54, 1.807) is 4.90 Å². The van der Waals surface area contributed by atoms with Crippen LogP contribution in [0.5, 0.6) is 0 Å². The summed E-state index contributed by atoms with van der Waals surface area (Å²) in [4.78, 5) is 14.9. The first-order chi connectivity index (χ1) is 9.52. The van der Waals surface area contributed by atoms with Crippen molar-refractivity contribution in [3.8, 4) is 6.07 Å². The van der Waals surface area contributed by atoms with E-state index in [4.69, 9.17) is 0 Å². The summed E-state index contributed by atoms with van der Waals surface area (Å²) in [5, 5.41) is 9.24. The van der Waals surface area contributed by atoms with Gasteiger partial charge in [-0.3, -0.25) is 4.90 Å². The Labute approximate surface area is 148 Å². The summed E-state index contributed by atoms with van der Waals surface area (Å²) in [5.74, 6) is 2.36. The normalized spacial score (nSPS) is 20.6. The lowest BCUT2D eigenvalue weighted by molar-refractivity contribution is 0.595. The maximum atomic E-state index is 9.24. The van der Waals surface area contributed by atoms with Gasteiger partial charge in [0.05, 0.1) is 15.2 Å². The summed E-state index contributed by atoms with van der Waals surface area (Å²) < 4.78 is 1.38. The van der Waals surface area contributed by atoms with Gasteiger partial charge in [0.2, 0.25) is 0 Å². The minimum absolute atomic E-state index is 0.200. The van der Waals surface area contributed by atoms with Gasteiger partial charge in [-0.25, -0.2) is 15.0 Å².